The van der Waals surface area contributed by atoms with Crippen LogP contribution in [0.25, 0.3) is 0 Å². The lowest BCUT2D eigenvalue weighted by Gasteiger charge is -2.34. The van der Waals surface area contributed by atoms with Crippen molar-refractivity contribution < 1.29 is 4.79 Å². The fourth-order valence-electron chi connectivity index (χ4n) is 3.89. The van der Waals surface area contributed by atoms with Crippen molar-refractivity contribution in [3.05, 3.63) is 33.8 Å². The third kappa shape index (κ3) is 3.15. The van der Waals surface area contributed by atoms with Gasteiger partial charge in [0.05, 0.1) is 0 Å². The lowest BCUT2D eigenvalue weighted by Crippen LogP contribution is -2.51. The van der Waals surface area contributed by atoms with E-state index in [9.17, 15) is 4.79 Å². The van der Waals surface area contributed by atoms with Crippen LogP contribution in [0.15, 0.2) is 22.7 Å². The van der Waals surface area contributed by atoms with Crippen molar-refractivity contribution in [2.75, 3.05) is 19.6 Å². The Morgan fingerprint density at radius 2 is 2.17 bits per heavy atom. The zero-order valence-electron chi connectivity index (χ0n) is 12.8. The minimum atomic E-state index is -0.109. The van der Waals surface area contributed by atoms with Gasteiger partial charge in [-0.25, -0.2) is 5.43 Å². The second kappa shape index (κ2) is 7.07. The second-order valence-electron chi connectivity index (χ2n) is 6.42. The molecule has 0 spiro atoms. The summed E-state index contributed by atoms with van der Waals surface area (Å²) in [5, 5.41) is 3.41. The Bertz CT molecular complexity index is 599. The summed E-state index contributed by atoms with van der Waals surface area (Å²) in [5.74, 6) is 0.576. The number of benzene rings is 1. The summed E-state index contributed by atoms with van der Waals surface area (Å²) in [7, 11) is 0. The monoisotopic (exact) mass is 400 g/mol. The van der Waals surface area contributed by atoms with E-state index in [2.05, 4.69) is 50.3 Å². The van der Waals surface area contributed by atoms with Crippen molar-refractivity contribution in [3.8, 4) is 0 Å². The molecule has 3 heterocycles. The van der Waals surface area contributed by atoms with Crippen LogP contribution >= 0.6 is 28.3 Å². The van der Waals surface area contributed by atoms with Crippen molar-refractivity contribution >= 4 is 34.2 Å². The van der Waals surface area contributed by atoms with E-state index in [0.717, 1.165) is 36.9 Å². The topological polar surface area (TPSA) is 56.4 Å². The van der Waals surface area contributed by atoms with Crippen molar-refractivity contribution in [2.45, 2.75) is 31.5 Å². The van der Waals surface area contributed by atoms with Gasteiger partial charge in [0, 0.05) is 36.1 Å². The first-order valence-corrected chi connectivity index (χ1v) is 8.80. The van der Waals surface area contributed by atoms with Crippen molar-refractivity contribution in [1.82, 2.24) is 21.1 Å². The average Bonchev–Trinajstić information content (AvgIpc) is 2.98. The van der Waals surface area contributed by atoms with E-state index in [1.165, 1.54) is 11.1 Å². The number of fused-ring (bicyclic) bond motifs is 2. The third-order valence-electron chi connectivity index (χ3n) is 5.17. The molecule has 3 N–H and O–H groups in total. The summed E-state index contributed by atoms with van der Waals surface area (Å²) in [4.78, 5) is 15.0. The average molecular weight is 402 g/mol. The van der Waals surface area contributed by atoms with Crippen LogP contribution in [0.1, 0.15) is 17.5 Å². The molecule has 0 radical (unpaired) electrons. The molecule has 4 rings (SSSR count). The van der Waals surface area contributed by atoms with E-state index in [0.29, 0.717) is 18.5 Å². The van der Waals surface area contributed by atoms with E-state index in [1.807, 2.05) is 4.90 Å². The molecule has 23 heavy (non-hydrogen) atoms. The van der Waals surface area contributed by atoms with Gasteiger partial charge >= 0.3 is 0 Å². The molecule has 3 aliphatic rings. The van der Waals surface area contributed by atoms with Gasteiger partial charge in [0.15, 0.2) is 0 Å². The highest BCUT2D eigenvalue weighted by Gasteiger charge is 2.43. The van der Waals surface area contributed by atoms with E-state index in [-0.39, 0.29) is 24.4 Å². The molecule has 3 atom stereocenters. The van der Waals surface area contributed by atoms with Gasteiger partial charge in [-0.15, -0.1) is 12.4 Å². The predicted molar refractivity (Wildman–Crippen MR) is 95.3 cm³/mol. The van der Waals surface area contributed by atoms with E-state index in [4.69, 9.17) is 0 Å². The van der Waals surface area contributed by atoms with Crippen molar-refractivity contribution in [1.29, 1.82) is 0 Å². The Morgan fingerprint density at radius 1 is 1.30 bits per heavy atom. The number of hydrazine groups is 1. The van der Waals surface area contributed by atoms with Gasteiger partial charge in [0.1, 0.15) is 6.04 Å². The molecular formula is C16H22BrClN4O. The normalized spacial score (nSPS) is 29.4. The van der Waals surface area contributed by atoms with Gasteiger partial charge in [-0.3, -0.25) is 10.2 Å². The largest absolute Gasteiger partial charge is 0.337 e. The zero-order chi connectivity index (χ0) is 15.1. The standard InChI is InChI=1S/C16H21BrN4O.ClH/c17-13-3-1-2-10-5-7-21(9-12(10)13)16(22)15-11-8-18-6-4-14(11)19-20-15;/h1-3,11,14-15,18-20H,4-9H2;1H. The maximum atomic E-state index is 13.0. The smallest absolute Gasteiger partial charge is 0.241 e. The predicted octanol–water partition coefficient (Wildman–Crippen LogP) is 1.21. The van der Waals surface area contributed by atoms with Crippen LogP contribution in [-0.2, 0) is 17.8 Å². The Morgan fingerprint density at radius 3 is 3.04 bits per heavy atom. The van der Waals surface area contributed by atoms with Crippen LogP contribution in [0.5, 0.6) is 0 Å². The number of hydrogen-bond acceptors (Lipinski definition) is 4. The van der Waals surface area contributed by atoms with Crippen LogP contribution in [0, 0.1) is 5.92 Å². The highest BCUT2D eigenvalue weighted by molar-refractivity contribution is 9.10. The van der Waals surface area contributed by atoms with Gasteiger partial charge in [0.25, 0.3) is 0 Å². The molecule has 5 nitrogen and oxygen atoms in total. The van der Waals surface area contributed by atoms with Crippen LogP contribution in [-0.4, -0.2) is 42.5 Å². The molecular weight excluding hydrogens is 380 g/mol. The fraction of sp³-hybridized carbons (Fsp3) is 0.562. The Balaban J connectivity index is 0.00000156. The Kier molecular flexibility index (Phi) is 5.28. The maximum absolute atomic E-state index is 13.0. The number of nitrogens with one attached hydrogen (secondary N) is 3. The molecule has 0 aromatic heterocycles. The molecule has 0 aliphatic carbocycles. The molecule has 3 unspecified atom stereocenters. The second-order valence-corrected chi connectivity index (χ2v) is 7.27. The van der Waals surface area contributed by atoms with Crippen LogP contribution in [0.3, 0.4) is 0 Å². The first-order valence-electron chi connectivity index (χ1n) is 8.01. The highest BCUT2D eigenvalue weighted by atomic mass is 79.9. The summed E-state index contributed by atoms with van der Waals surface area (Å²) in [6, 6.07) is 6.60. The van der Waals surface area contributed by atoms with Crippen LogP contribution in [0.4, 0.5) is 0 Å². The fourth-order valence-corrected chi connectivity index (χ4v) is 4.42. The van der Waals surface area contributed by atoms with Gasteiger partial charge in [0.2, 0.25) is 5.91 Å². The van der Waals surface area contributed by atoms with Crippen molar-refractivity contribution in [3.63, 3.8) is 0 Å². The number of rotatable bonds is 1. The summed E-state index contributed by atoms with van der Waals surface area (Å²) < 4.78 is 1.11. The van der Waals surface area contributed by atoms with Gasteiger partial charge in [-0.2, -0.15) is 0 Å². The number of carbonyl (C=O) groups is 1. The highest BCUT2D eigenvalue weighted by Crippen LogP contribution is 2.28. The lowest BCUT2D eigenvalue weighted by atomic mass is 9.88. The van der Waals surface area contributed by atoms with E-state index in [1.54, 1.807) is 0 Å². The molecule has 2 saturated heterocycles. The molecule has 0 saturated carbocycles. The first-order chi connectivity index (χ1) is 10.7. The summed E-state index contributed by atoms with van der Waals surface area (Å²) in [6.45, 7) is 3.46. The molecule has 126 valence electrons. The third-order valence-corrected chi connectivity index (χ3v) is 5.92. The molecule has 1 amide bonds. The van der Waals surface area contributed by atoms with E-state index < -0.39 is 0 Å². The van der Waals surface area contributed by atoms with Gasteiger partial charge in [-0.1, -0.05) is 28.1 Å². The van der Waals surface area contributed by atoms with Crippen LogP contribution in [0.2, 0.25) is 0 Å². The Hall–Kier alpha value is -0.660. The molecule has 2 fully saturated rings. The lowest BCUT2D eigenvalue weighted by molar-refractivity contribution is -0.135. The van der Waals surface area contributed by atoms with E-state index >= 15 is 0 Å². The quantitative estimate of drug-likeness (QED) is 0.662. The molecule has 3 aliphatic heterocycles. The molecule has 1 aromatic rings. The molecule has 7 heteroatoms. The number of piperidine rings is 1. The number of halogens is 2. The number of carbonyl (C=O) groups excluding carboxylic acids is 1. The van der Waals surface area contributed by atoms with Gasteiger partial charge in [-0.05, 0) is 36.6 Å². The van der Waals surface area contributed by atoms with Crippen molar-refractivity contribution in [2.24, 2.45) is 5.92 Å². The molecule has 0 bridgehead atoms. The minimum Gasteiger partial charge on any atom is -0.337 e. The maximum Gasteiger partial charge on any atom is 0.241 e. The number of nitrogens with zero attached hydrogens (tertiary/aromatic N) is 1. The molecule has 1 aromatic carbocycles. The first kappa shape index (κ1) is 17.2. The summed E-state index contributed by atoms with van der Waals surface area (Å²) >= 11 is 3.62. The summed E-state index contributed by atoms with van der Waals surface area (Å²) in [6.07, 6.45) is 2.02. The number of amides is 1. The zero-order valence-corrected chi connectivity index (χ0v) is 15.3. The minimum absolute atomic E-state index is 0. The van der Waals surface area contributed by atoms with Gasteiger partial charge < -0.3 is 10.2 Å². The SMILES string of the molecule is Cl.O=C(C1NNC2CCNCC21)N1CCc2cccc(Br)c2C1. The number of hydrogen-bond donors (Lipinski definition) is 3. The Labute approximate surface area is 151 Å². The summed E-state index contributed by atoms with van der Waals surface area (Å²) in [5.41, 5.74) is 9.16. The van der Waals surface area contributed by atoms with Crippen LogP contribution < -0.4 is 16.2 Å².